The van der Waals surface area contributed by atoms with Gasteiger partial charge in [0.15, 0.2) is 5.78 Å². The van der Waals surface area contributed by atoms with Crippen molar-refractivity contribution < 1.29 is 14.4 Å². The van der Waals surface area contributed by atoms with Gasteiger partial charge in [0.05, 0.1) is 23.6 Å². The summed E-state index contributed by atoms with van der Waals surface area (Å²) in [5.74, 6) is -2.03. The minimum absolute atomic E-state index is 0.138. The molecule has 228 valence electrons. The molecule has 4 unspecified atom stereocenters. The number of nitrogens with one attached hydrogen (secondary N) is 1. The molecule has 4 aromatic carbocycles. The molecule has 5 rings (SSSR count). The summed E-state index contributed by atoms with van der Waals surface area (Å²) in [6.45, 7) is 8.27. The lowest BCUT2D eigenvalue weighted by molar-refractivity contribution is -0.142. The highest BCUT2D eigenvalue weighted by Crippen LogP contribution is 2.52. The van der Waals surface area contributed by atoms with E-state index in [1.54, 1.807) is 41.3 Å². The Morgan fingerprint density at radius 3 is 1.98 bits per heavy atom. The van der Waals surface area contributed by atoms with Crippen LogP contribution in [0.1, 0.15) is 77.3 Å². The second kappa shape index (κ2) is 13.3. The number of hydrogen-bond donors (Lipinski definition) is 1. The quantitative estimate of drug-likeness (QED) is 0.218. The van der Waals surface area contributed by atoms with Crippen LogP contribution in [0.3, 0.4) is 0 Å². The van der Waals surface area contributed by atoms with E-state index in [0.29, 0.717) is 16.7 Å². The number of likely N-dealkylation sites (tertiary alicyclic amines) is 1. The normalized spacial score (nSPS) is 19.5. The summed E-state index contributed by atoms with van der Waals surface area (Å²) in [5, 5.41) is 12.6. The lowest BCUT2D eigenvalue weighted by atomic mass is 9.76. The zero-order valence-electron chi connectivity index (χ0n) is 26.2. The highest BCUT2D eigenvalue weighted by atomic mass is 16.2. The van der Waals surface area contributed by atoms with Crippen LogP contribution in [0.15, 0.2) is 109 Å². The van der Waals surface area contributed by atoms with E-state index >= 15 is 0 Å². The molecule has 4 atom stereocenters. The molecule has 1 saturated heterocycles. The maximum absolute atomic E-state index is 14.6. The van der Waals surface area contributed by atoms with Crippen LogP contribution in [0.2, 0.25) is 0 Å². The third-order valence-electron chi connectivity index (χ3n) is 8.42. The Labute approximate surface area is 265 Å². The summed E-state index contributed by atoms with van der Waals surface area (Å²) < 4.78 is 0. The van der Waals surface area contributed by atoms with Gasteiger partial charge in [0.25, 0.3) is 0 Å². The monoisotopic (exact) mass is 597 g/mol. The first-order valence-corrected chi connectivity index (χ1v) is 15.4. The Balaban J connectivity index is 1.70. The zero-order chi connectivity index (χ0) is 32.1. The van der Waals surface area contributed by atoms with E-state index in [2.05, 4.69) is 11.4 Å². The van der Waals surface area contributed by atoms with Crippen LogP contribution in [0, 0.1) is 29.6 Å². The van der Waals surface area contributed by atoms with E-state index < -0.39 is 23.9 Å². The summed E-state index contributed by atoms with van der Waals surface area (Å²) in [7, 11) is 0. The highest BCUT2D eigenvalue weighted by molar-refractivity contribution is 6.02. The zero-order valence-corrected chi connectivity index (χ0v) is 26.2. The molecule has 0 aliphatic carbocycles. The average Bonchev–Trinajstić information content (AvgIpc) is 3.40. The number of benzene rings is 4. The molecule has 6 heteroatoms. The fourth-order valence-electron chi connectivity index (χ4n) is 6.35. The van der Waals surface area contributed by atoms with E-state index in [1.165, 1.54) is 0 Å². The van der Waals surface area contributed by atoms with Crippen molar-refractivity contribution in [3.05, 3.63) is 143 Å². The third kappa shape index (κ3) is 7.05. The first-order valence-electron chi connectivity index (χ1n) is 15.4. The molecular formula is C39H39N3O3. The molecule has 0 bridgehead atoms. The number of hydrogen-bond acceptors (Lipinski definition) is 4. The van der Waals surface area contributed by atoms with Gasteiger partial charge in [-0.1, -0.05) is 123 Å². The van der Waals surface area contributed by atoms with Gasteiger partial charge in [0, 0.05) is 24.4 Å². The van der Waals surface area contributed by atoms with Gasteiger partial charge in [-0.05, 0) is 41.2 Å². The van der Waals surface area contributed by atoms with Crippen molar-refractivity contribution in [1.29, 1.82) is 5.26 Å². The number of amides is 2. The topological polar surface area (TPSA) is 90.3 Å². The molecule has 1 fully saturated rings. The Bertz CT molecular complexity index is 1690. The number of carbonyl (C=O) groups excluding carboxylic acids is 3. The van der Waals surface area contributed by atoms with Crippen molar-refractivity contribution in [2.45, 2.75) is 58.7 Å². The number of Topliss-reactive ketones (excluding diaryl/α,β-unsaturated/α-hetero) is 1. The number of rotatable bonds is 8. The standard InChI is InChI=1S/C39H39N3O3/c1-26-15-17-28(18-16-26)25-41-38(45)36-33(29-11-7-5-8-12-29)34(37(44)31-13-9-6-10-14-31)35(30-21-19-27(24-40)20-22-30)42(36)32(43)23-39(2,3)4/h5-22,33-36H,23,25H2,1-4H3,(H,41,45). The van der Waals surface area contributed by atoms with E-state index in [9.17, 15) is 19.6 Å². The summed E-state index contributed by atoms with van der Waals surface area (Å²) in [4.78, 5) is 45.2. The Kier molecular flexibility index (Phi) is 9.29. The van der Waals surface area contributed by atoms with Gasteiger partial charge in [-0.25, -0.2) is 0 Å². The molecule has 2 amide bonds. The highest BCUT2D eigenvalue weighted by Gasteiger charge is 2.57. The van der Waals surface area contributed by atoms with E-state index in [0.717, 1.165) is 16.7 Å². The minimum Gasteiger partial charge on any atom is -0.350 e. The largest absolute Gasteiger partial charge is 0.350 e. The third-order valence-corrected chi connectivity index (χ3v) is 8.42. The molecule has 0 spiro atoms. The van der Waals surface area contributed by atoms with Crippen molar-refractivity contribution in [2.75, 3.05) is 0 Å². The fourth-order valence-corrected chi connectivity index (χ4v) is 6.35. The lowest BCUT2D eigenvalue weighted by Crippen LogP contribution is -2.49. The van der Waals surface area contributed by atoms with E-state index in [-0.39, 0.29) is 36.0 Å². The van der Waals surface area contributed by atoms with Gasteiger partial charge in [-0.2, -0.15) is 5.26 Å². The number of nitriles is 1. The van der Waals surface area contributed by atoms with Crippen LogP contribution in [-0.4, -0.2) is 28.5 Å². The van der Waals surface area contributed by atoms with Crippen LogP contribution < -0.4 is 5.32 Å². The van der Waals surface area contributed by atoms with Crippen LogP contribution in [0.5, 0.6) is 0 Å². The van der Waals surface area contributed by atoms with Crippen molar-refractivity contribution in [1.82, 2.24) is 10.2 Å². The Morgan fingerprint density at radius 1 is 0.800 bits per heavy atom. The first kappa shape index (κ1) is 31.4. The molecular weight excluding hydrogens is 558 g/mol. The molecule has 0 aromatic heterocycles. The number of carbonyl (C=O) groups is 3. The van der Waals surface area contributed by atoms with E-state index in [4.69, 9.17) is 0 Å². The Hall–Kier alpha value is -5.02. The van der Waals surface area contributed by atoms with Crippen LogP contribution in [-0.2, 0) is 16.1 Å². The predicted molar refractivity (Wildman–Crippen MR) is 175 cm³/mol. The lowest BCUT2D eigenvalue weighted by Gasteiger charge is -2.34. The number of nitrogens with zero attached hydrogens (tertiary/aromatic N) is 2. The smallest absolute Gasteiger partial charge is 0.243 e. The predicted octanol–water partition coefficient (Wildman–Crippen LogP) is 7.15. The second-order valence-corrected chi connectivity index (χ2v) is 13.1. The number of aryl methyl sites for hydroxylation is 1. The Morgan fingerprint density at radius 2 is 1.40 bits per heavy atom. The van der Waals surface area contributed by atoms with Crippen molar-refractivity contribution in [3.8, 4) is 6.07 Å². The summed E-state index contributed by atoms with van der Waals surface area (Å²) >= 11 is 0. The molecule has 0 radical (unpaired) electrons. The van der Waals surface area contributed by atoms with Crippen LogP contribution >= 0.6 is 0 Å². The second-order valence-electron chi connectivity index (χ2n) is 13.1. The van der Waals surface area contributed by atoms with Gasteiger partial charge in [0.1, 0.15) is 6.04 Å². The van der Waals surface area contributed by atoms with Crippen LogP contribution in [0.25, 0.3) is 0 Å². The van der Waals surface area contributed by atoms with Gasteiger partial charge in [0.2, 0.25) is 11.8 Å². The van der Waals surface area contributed by atoms with Gasteiger partial charge in [-0.3, -0.25) is 14.4 Å². The van der Waals surface area contributed by atoms with Crippen molar-refractivity contribution in [2.24, 2.45) is 11.3 Å². The van der Waals surface area contributed by atoms with Gasteiger partial charge < -0.3 is 10.2 Å². The molecule has 1 heterocycles. The maximum atomic E-state index is 14.6. The molecule has 45 heavy (non-hydrogen) atoms. The van der Waals surface area contributed by atoms with Crippen LogP contribution in [0.4, 0.5) is 0 Å². The molecule has 6 nitrogen and oxygen atoms in total. The minimum atomic E-state index is -0.953. The summed E-state index contributed by atoms with van der Waals surface area (Å²) in [6.07, 6.45) is 0.190. The van der Waals surface area contributed by atoms with Crippen molar-refractivity contribution in [3.63, 3.8) is 0 Å². The molecule has 1 aliphatic rings. The average molecular weight is 598 g/mol. The fraction of sp³-hybridized carbons (Fsp3) is 0.282. The summed E-state index contributed by atoms with van der Waals surface area (Å²) in [6, 6.07) is 34.1. The van der Waals surface area contributed by atoms with Gasteiger partial charge >= 0.3 is 0 Å². The maximum Gasteiger partial charge on any atom is 0.243 e. The summed E-state index contributed by atoms with van der Waals surface area (Å²) in [5.41, 5.74) is 4.22. The molecule has 0 saturated carbocycles. The van der Waals surface area contributed by atoms with Gasteiger partial charge in [-0.15, -0.1) is 0 Å². The molecule has 1 N–H and O–H groups in total. The van der Waals surface area contributed by atoms with Crippen molar-refractivity contribution >= 4 is 17.6 Å². The number of ketones is 1. The molecule has 4 aromatic rings. The van der Waals surface area contributed by atoms with E-state index in [1.807, 2.05) is 100 Å². The first-order chi connectivity index (χ1) is 21.6. The SMILES string of the molecule is Cc1ccc(CNC(=O)C2C(c3ccccc3)C(C(=O)c3ccccc3)C(c3ccc(C#N)cc3)N2C(=O)CC(C)(C)C)cc1. The molecule has 1 aliphatic heterocycles.